The normalized spacial score (nSPS) is 11.3. The van der Waals surface area contributed by atoms with Crippen LogP contribution in [0.15, 0.2) is 53.4 Å². The first kappa shape index (κ1) is 19.5. The van der Waals surface area contributed by atoms with Crippen LogP contribution in [0.5, 0.6) is 0 Å². The fourth-order valence-corrected chi connectivity index (χ4v) is 3.07. The van der Waals surface area contributed by atoms with Crippen LogP contribution in [0.25, 0.3) is 0 Å². The molecule has 6 nitrogen and oxygen atoms in total. The molecule has 26 heavy (non-hydrogen) atoms. The number of benzene rings is 2. The van der Waals surface area contributed by atoms with Gasteiger partial charge >= 0.3 is 0 Å². The van der Waals surface area contributed by atoms with Crippen LogP contribution >= 0.6 is 11.8 Å². The Morgan fingerprint density at radius 3 is 2.27 bits per heavy atom. The average Bonchev–Trinajstić information content (AvgIpc) is 2.62. The molecule has 0 spiro atoms. The van der Waals surface area contributed by atoms with E-state index < -0.39 is 0 Å². The van der Waals surface area contributed by atoms with Crippen molar-refractivity contribution in [1.29, 1.82) is 0 Å². The highest BCUT2D eigenvalue weighted by Crippen LogP contribution is 2.25. The second-order valence-corrected chi connectivity index (χ2v) is 7.03. The fraction of sp³-hybridized carbons (Fsp3) is 0.211. The summed E-state index contributed by atoms with van der Waals surface area (Å²) in [6.07, 6.45) is 0. The summed E-state index contributed by atoms with van der Waals surface area (Å²) in [6.45, 7) is 3.26. The largest absolute Gasteiger partial charge is 0.355 e. The molecule has 1 unspecified atom stereocenters. The van der Waals surface area contributed by atoms with E-state index >= 15 is 0 Å². The summed E-state index contributed by atoms with van der Waals surface area (Å²) >= 11 is 1.41. The van der Waals surface area contributed by atoms with Gasteiger partial charge in [-0.15, -0.1) is 11.8 Å². The number of hydrogen-bond acceptors (Lipinski definition) is 4. The molecule has 0 saturated heterocycles. The summed E-state index contributed by atoms with van der Waals surface area (Å²) in [7, 11) is 1.56. The topological polar surface area (TPSA) is 87.3 Å². The van der Waals surface area contributed by atoms with Crippen molar-refractivity contribution in [3.8, 4) is 0 Å². The molecule has 2 rings (SSSR count). The van der Waals surface area contributed by atoms with Crippen LogP contribution < -0.4 is 16.0 Å². The molecule has 136 valence electrons. The third kappa shape index (κ3) is 5.63. The van der Waals surface area contributed by atoms with E-state index in [1.54, 1.807) is 43.4 Å². The Hall–Kier alpha value is -2.80. The van der Waals surface area contributed by atoms with Crippen LogP contribution in [-0.2, 0) is 9.59 Å². The average molecular weight is 371 g/mol. The van der Waals surface area contributed by atoms with Crippen molar-refractivity contribution in [2.45, 2.75) is 24.0 Å². The van der Waals surface area contributed by atoms with Gasteiger partial charge < -0.3 is 16.0 Å². The molecule has 3 N–H and O–H groups in total. The number of amides is 3. The molecule has 0 heterocycles. The van der Waals surface area contributed by atoms with Crippen molar-refractivity contribution >= 4 is 40.9 Å². The zero-order chi connectivity index (χ0) is 19.1. The van der Waals surface area contributed by atoms with Gasteiger partial charge in [0.05, 0.1) is 5.25 Å². The van der Waals surface area contributed by atoms with Gasteiger partial charge in [-0.2, -0.15) is 0 Å². The number of rotatable bonds is 6. The maximum Gasteiger partial charge on any atom is 0.251 e. The van der Waals surface area contributed by atoms with Crippen LogP contribution in [0.2, 0.25) is 0 Å². The summed E-state index contributed by atoms with van der Waals surface area (Å²) < 4.78 is 0. The molecule has 0 aliphatic rings. The predicted molar refractivity (Wildman–Crippen MR) is 105 cm³/mol. The number of hydrogen-bond donors (Lipinski definition) is 3. The summed E-state index contributed by atoms with van der Waals surface area (Å²) in [6, 6.07) is 14.1. The monoisotopic (exact) mass is 371 g/mol. The molecule has 7 heteroatoms. The van der Waals surface area contributed by atoms with Crippen molar-refractivity contribution in [3.05, 3.63) is 54.1 Å². The van der Waals surface area contributed by atoms with E-state index in [0.717, 1.165) is 4.90 Å². The van der Waals surface area contributed by atoms with Gasteiger partial charge in [-0.25, -0.2) is 0 Å². The Bertz CT molecular complexity index is 806. The Kier molecular flexibility index (Phi) is 6.80. The number of nitrogens with one attached hydrogen (secondary N) is 3. The first-order chi connectivity index (χ1) is 12.4. The van der Waals surface area contributed by atoms with E-state index in [1.165, 1.54) is 18.7 Å². The second kappa shape index (κ2) is 9.05. The van der Waals surface area contributed by atoms with Gasteiger partial charge in [-0.3, -0.25) is 14.4 Å². The minimum absolute atomic E-state index is 0.128. The number of anilines is 2. The van der Waals surface area contributed by atoms with Crippen LogP contribution in [0.4, 0.5) is 11.4 Å². The summed E-state index contributed by atoms with van der Waals surface area (Å²) in [5, 5.41) is 7.74. The Morgan fingerprint density at radius 1 is 0.962 bits per heavy atom. The Morgan fingerprint density at radius 2 is 1.65 bits per heavy atom. The van der Waals surface area contributed by atoms with Gasteiger partial charge in [0, 0.05) is 35.8 Å². The molecule has 3 amide bonds. The Balaban J connectivity index is 1.97. The minimum atomic E-state index is -0.328. The number of carbonyl (C=O) groups is 3. The molecule has 2 aromatic carbocycles. The molecule has 0 radical (unpaired) electrons. The van der Waals surface area contributed by atoms with E-state index in [-0.39, 0.29) is 23.0 Å². The van der Waals surface area contributed by atoms with Gasteiger partial charge in [0.1, 0.15) is 0 Å². The molecule has 2 aromatic rings. The van der Waals surface area contributed by atoms with Crippen LogP contribution in [0, 0.1) is 0 Å². The first-order valence-corrected chi connectivity index (χ1v) is 8.94. The highest BCUT2D eigenvalue weighted by atomic mass is 32.2. The van der Waals surface area contributed by atoms with Gasteiger partial charge in [0.25, 0.3) is 5.91 Å². The van der Waals surface area contributed by atoms with Crippen LogP contribution in [-0.4, -0.2) is 30.0 Å². The van der Waals surface area contributed by atoms with Crippen molar-refractivity contribution in [3.63, 3.8) is 0 Å². The maximum absolute atomic E-state index is 12.4. The maximum atomic E-state index is 12.4. The fourth-order valence-electron chi connectivity index (χ4n) is 2.20. The van der Waals surface area contributed by atoms with E-state index in [2.05, 4.69) is 16.0 Å². The van der Waals surface area contributed by atoms with E-state index in [4.69, 9.17) is 0 Å². The number of thioether (sulfide) groups is 1. The SMILES string of the molecule is CNC(=O)c1cccc(NC(=O)C(C)Sc2ccc(NC(C)=O)cc2)c1. The lowest BCUT2D eigenvalue weighted by molar-refractivity contribution is -0.115. The van der Waals surface area contributed by atoms with Crippen LogP contribution in [0.1, 0.15) is 24.2 Å². The van der Waals surface area contributed by atoms with Gasteiger partial charge in [-0.05, 0) is 49.4 Å². The van der Waals surface area contributed by atoms with Gasteiger partial charge in [0.2, 0.25) is 11.8 Å². The lowest BCUT2D eigenvalue weighted by Crippen LogP contribution is -2.23. The molecule has 0 aliphatic carbocycles. The van der Waals surface area contributed by atoms with E-state index in [1.807, 2.05) is 19.1 Å². The predicted octanol–water partition coefficient (Wildman–Crippen LogP) is 3.12. The minimum Gasteiger partial charge on any atom is -0.355 e. The highest BCUT2D eigenvalue weighted by Gasteiger charge is 2.15. The molecule has 0 bridgehead atoms. The molecule has 0 fully saturated rings. The molecule has 0 aliphatic heterocycles. The zero-order valence-electron chi connectivity index (χ0n) is 14.8. The highest BCUT2D eigenvalue weighted by molar-refractivity contribution is 8.00. The quantitative estimate of drug-likeness (QED) is 0.681. The lowest BCUT2D eigenvalue weighted by atomic mass is 10.2. The van der Waals surface area contributed by atoms with Gasteiger partial charge in [0.15, 0.2) is 0 Å². The van der Waals surface area contributed by atoms with Crippen LogP contribution in [0.3, 0.4) is 0 Å². The van der Waals surface area contributed by atoms with Crippen molar-refractivity contribution < 1.29 is 14.4 Å². The standard InChI is InChI=1S/C19H21N3O3S/c1-12(26-17-9-7-15(8-10-17)21-13(2)23)18(24)22-16-6-4-5-14(11-16)19(25)20-3/h4-12H,1-3H3,(H,20,25)(H,21,23)(H,22,24). The summed E-state index contributed by atoms with van der Waals surface area (Å²) in [5.74, 6) is -0.491. The van der Waals surface area contributed by atoms with Crippen molar-refractivity contribution in [2.75, 3.05) is 17.7 Å². The zero-order valence-corrected chi connectivity index (χ0v) is 15.6. The molecule has 0 aromatic heterocycles. The third-order valence-corrected chi connectivity index (χ3v) is 4.59. The first-order valence-electron chi connectivity index (χ1n) is 8.06. The number of carbonyl (C=O) groups excluding carboxylic acids is 3. The lowest BCUT2D eigenvalue weighted by Gasteiger charge is -2.13. The summed E-state index contributed by atoms with van der Waals surface area (Å²) in [4.78, 5) is 36.0. The summed E-state index contributed by atoms with van der Waals surface area (Å²) in [5.41, 5.74) is 1.77. The van der Waals surface area contributed by atoms with E-state index in [0.29, 0.717) is 16.9 Å². The second-order valence-electron chi connectivity index (χ2n) is 5.61. The smallest absolute Gasteiger partial charge is 0.251 e. The molecule has 1 atom stereocenters. The molecular weight excluding hydrogens is 350 g/mol. The molecule has 0 saturated carbocycles. The van der Waals surface area contributed by atoms with Crippen molar-refractivity contribution in [1.82, 2.24) is 5.32 Å². The van der Waals surface area contributed by atoms with E-state index in [9.17, 15) is 14.4 Å². The van der Waals surface area contributed by atoms with Crippen molar-refractivity contribution in [2.24, 2.45) is 0 Å². The third-order valence-electron chi connectivity index (χ3n) is 3.48. The Labute approximate surface area is 156 Å². The molecular formula is C19H21N3O3S. The van der Waals surface area contributed by atoms with Gasteiger partial charge in [-0.1, -0.05) is 6.07 Å².